The van der Waals surface area contributed by atoms with E-state index in [2.05, 4.69) is 10.3 Å². The van der Waals surface area contributed by atoms with Gasteiger partial charge in [0, 0.05) is 13.2 Å². The molecule has 0 amide bonds. The Kier molecular flexibility index (Phi) is 3.19. The fraction of sp³-hybridized carbons (Fsp3) is 0.714. The van der Waals surface area contributed by atoms with E-state index in [1.54, 1.807) is 17.8 Å². The molecule has 0 aliphatic rings. The first kappa shape index (κ1) is 9.15. The molecule has 2 N–H and O–H groups in total. The highest BCUT2D eigenvalue weighted by Crippen LogP contribution is 2.06. The molecule has 1 aromatic rings. The highest BCUT2D eigenvalue weighted by atomic mass is 16.3. The molecule has 5 nitrogen and oxygen atoms in total. The molecule has 0 aliphatic heterocycles. The first-order chi connectivity index (χ1) is 5.74. The van der Waals surface area contributed by atoms with Gasteiger partial charge in [-0.2, -0.15) is 0 Å². The number of hydrogen-bond donors (Lipinski definition) is 2. The molecule has 0 fully saturated rings. The minimum absolute atomic E-state index is 0.143. The molecule has 1 rings (SSSR count). The summed E-state index contributed by atoms with van der Waals surface area (Å²) in [4.78, 5) is 0. The molecule has 1 aromatic heterocycles. The van der Waals surface area contributed by atoms with Crippen molar-refractivity contribution in [3.8, 4) is 0 Å². The zero-order valence-corrected chi connectivity index (χ0v) is 7.01. The minimum atomic E-state index is -0.576. The van der Waals surface area contributed by atoms with E-state index in [1.807, 2.05) is 0 Å². The van der Waals surface area contributed by atoms with Crippen LogP contribution < -0.4 is 0 Å². The number of aliphatic hydroxyl groups excluding tert-OH is 2. The van der Waals surface area contributed by atoms with E-state index >= 15 is 0 Å². The van der Waals surface area contributed by atoms with Crippen LogP contribution in [0.15, 0.2) is 6.20 Å². The van der Waals surface area contributed by atoms with Crippen LogP contribution in [0.2, 0.25) is 0 Å². The van der Waals surface area contributed by atoms with Gasteiger partial charge in [-0.3, -0.25) is 4.68 Å². The second kappa shape index (κ2) is 4.18. The minimum Gasteiger partial charge on any atom is -0.396 e. The number of rotatable bonds is 4. The van der Waals surface area contributed by atoms with Crippen molar-refractivity contribution in [1.82, 2.24) is 15.0 Å². The molecule has 1 unspecified atom stereocenters. The average molecular weight is 171 g/mol. The van der Waals surface area contributed by atoms with Crippen molar-refractivity contribution >= 4 is 0 Å². The van der Waals surface area contributed by atoms with E-state index in [0.29, 0.717) is 18.7 Å². The Bertz CT molecular complexity index is 234. The summed E-state index contributed by atoms with van der Waals surface area (Å²) < 4.78 is 1.61. The average Bonchev–Trinajstić information content (AvgIpc) is 2.48. The summed E-state index contributed by atoms with van der Waals surface area (Å²) in [6, 6.07) is 0. The van der Waals surface area contributed by atoms with Gasteiger partial charge < -0.3 is 10.2 Å². The second-order valence-electron chi connectivity index (χ2n) is 2.66. The number of aryl methyl sites for hydroxylation is 1. The molecule has 0 aromatic carbocycles. The first-order valence-electron chi connectivity index (χ1n) is 3.93. The topological polar surface area (TPSA) is 71.2 Å². The molecule has 0 saturated carbocycles. The van der Waals surface area contributed by atoms with E-state index in [9.17, 15) is 0 Å². The molecule has 12 heavy (non-hydrogen) atoms. The summed E-state index contributed by atoms with van der Waals surface area (Å²) >= 11 is 0. The summed E-state index contributed by atoms with van der Waals surface area (Å²) in [7, 11) is 0. The second-order valence-corrected chi connectivity index (χ2v) is 2.66. The molecule has 0 radical (unpaired) electrons. The molecular weight excluding hydrogens is 158 g/mol. The maximum Gasteiger partial charge on any atom is 0.111 e. The lowest BCUT2D eigenvalue weighted by atomic mass is 10.3. The summed E-state index contributed by atoms with van der Waals surface area (Å²) in [5.74, 6) is 0. The monoisotopic (exact) mass is 171 g/mol. The van der Waals surface area contributed by atoms with Crippen molar-refractivity contribution in [2.45, 2.75) is 26.0 Å². The van der Waals surface area contributed by atoms with Crippen LogP contribution in [0.25, 0.3) is 0 Å². The Labute approximate surface area is 70.6 Å². The SMILES string of the molecule is CC(O)c1cn(CCCO)nn1. The van der Waals surface area contributed by atoms with E-state index in [1.165, 1.54) is 0 Å². The molecular formula is C7H13N3O2. The lowest BCUT2D eigenvalue weighted by Gasteiger charge is -1.96. The lowest BCUT2D eigenvalue weighted by Crippen LogP contribution is -2.00. The largest absolute Gasteiger partial charge is 0.396 e. The highest BCUT2D eigenvalue weighted by Gasteiger charge is 2.05. The molecule has 0 bridgehead atoms. The van der Waals surface area contributed by atoms with Gasteiger partial charge in [0.15, 0.2) is 0 Å². The van der Waals surface area contributed by atoms with Crippen LogP contribution >= 0.6 is 0 Å². The molecule has 68 valence electrons. The first-order valence-corrected chi connectivity index (χ1v) is 3.93. The van der Waals surface area contributed by atoms with Crippen LogP contribution in [0.5, 0.6) is 0 Å². The van der Waals surface area contributed by atoms with Crippen molar-refractivity contribution in [3.63, 3.8) is 0 Å². The van der Waals surface area contributed by atoms with Crippen LogP contribution in [0.4, 0.5) is 0 Å². The van der Waals surface area contributed by atoms with Crippen LogP contribution in [0.3, 0.4) is 0 Å². The lowest BCUT2D eigenvalue weighted by molar-refractivity contribution is 0.194. The normalized spacial score (nSPS) is 13.2. The number of aliphatic hydroxyl groups is 2. The fourth-order valence-corrected chi connectivity index (χ4v) is 0.847. The van der Waals surface area contributed by atoms with E-state index < -0.39 is 6.10 Å². The smallest absolute Gasteiger partial charge is 0.111 e. The maximum atomic E-state index is 9.10. The molecule has 0 spiro atoms. The van der Waals surface area contributed by atoms with Crippen LogP contribution in [-0.4, -0.2) is 31.8 Å². The van der Waals surface area contributed by atoms with E-state index in [-0.39, 0.29) is 6.61 Å². The van der Waals surface area contributed by atoms with Gasteiger partial charge in [0.1, 0.15) is 5.69 Å². The van der Waals surface area contributed by atoms with Gasteiger partial charge in [0.05, 0.1) is 12.3 Å². The fourth-order valence-electron chi connectivity index (χ4n) is 0.847. The van der Waals surface area contributed by atoms with Crippen molar-refractivity contribution in [1.29, 1.82) is 0 Å². The number of aromatic nitrogens is 3. The Balaban J connectivity index is 2.52. The summed E-state index contributed by atoms with van der Waals surface area (Å²) in [5.41, 5.74) is 0.563. The third-order valence-electron chi connectivity index (χ3n) is 1.53. The third-order valence-corrected chi connectivity index (χ3v) is 1.53. The van der Waals surface area contributed by atoms with Crippen molar-refractivity contribution in [2.24, 2.45) is 0 Å². The highest BCUT2D eigenvalue weighted by molar-refractivity contribution is 4.95. The van der Waals surface area contributed by atoms with E-state index in [0.717, 1.165) is 0 Å². The van der Waals surface area contributed by atoms with Crippen molar-refractivity contribution < 1.29 is 10.2 Å². The van der Waals surface area contributed by atoms with Crippen LogP contribution in [0.1, 0.15) is 25.1 Å². The van der Waals surface area contributed by atoms with Gasteiger partial charge in [-0.05, 0) is 13.3 Å². The van der Waals surface area contributed by atoms with Gasteiger partial charge in [-0.1, -0.05) is 5.21 Å². The van der Waals surface area contributed by atoms with Gasteiger partial charge in [0.2, 0.25) is 0 Å². The molecule has 1 heterocycles. The quantitative estimate of drug-likeness (QED) is 0.653. The Morgan fingerprint density at radius 1 is 1.67 bits per heavy atom. The summed E-state index contributed by atoms with van der Waals surface area (Å²) in [6.07, 6.45) is 1.76. The Morgan fingerprint density at radius 3 is 2.92 bits per heavy atom. The Morgan fingerprint density at radius 2 is 2.42 bits per heavy atom. The van der Waals surface area contributed by atoms with Gasteiger partial charge in [-0.25, -0.2) is 0 Å². The zero-order valence-electron chi connectivity index (χ0n) is 7.01. The zero-order chi connectivity index (χ0) is 8.97. The standard InChI is InChI=1S/C7H13N3O2/c1-6(12)7-5-10(9-8-7)3-2-4-11/h5-6,11-12H,2-4H2,1H3. The Hall–Kier alpha value is -0.940. The molecule has 0 saturated heterocycles. The molecule has 0 aliphatic carbocycles. The predicted octanol–water partition coefficient (Wildman–Crippen LogP) is -0.286. The van der Waals surface area contributed by atoms with Crippen LogP contribution in [0, 0.1) is 0 Å². The summed E-state index contributed by atoms with van der Waals surface area (Å²) in [6.45, 7) is 2.42. The number of hydrogen-bond acceptors (Lipinski definition) is 4. The van der Waals surface area contributed by atoms with Crippen molar-refractivity contribution in [2.75, 3.05) is 6.61 Å². The van der Waals surface area contributed by atoms with Gasteiger partial charge in [0.25, 0.3) is 0 Å². The third kappa shape index (κ3) is 2.28. The predicted molar refractivity (Wildman–Crippen MR) is 42.4 cm³/mol. The number of nitrogens with zero attached hydrogens (tertiary/aromatic N) is 3. The summed E-state index contributed by atoms with van der Waals surface area (Å²) in [5, 5.41) is 25.2. The van der Waals surface area contributed by atoms with Gasteiger partial charge in [-0.15, -0.1) is 5.10 Å². The van der Waals surface area contributed by atoms with E-state index in [4.69, 9.17) is 10.2 Å². The molecule has 5 heteroatoms. The van der Waals surface area contributed by atoms with Crippen molar-refractivity contribution in [3.05, 3.63) is 11.9 Å². The maximum absolute atomic E-state index is 9.10. The van der Waals surface area contributed by atoms with Gasteiger partial charge >= 0.3 is 0 Å². The van der Waals surface area contributed by atoms with Crippen LogP contribution in [-0.2, 0) is 6.54 Å². The molecule has 1 atom stereocenters.